The Morgan fingerprint density at radius 1 is 1.11 bits per heavy atom. The van der Waals surface area contributed by atoms with Gasteiger partial charge in [0.1, 0.15) is 5.82 Å². The maximum Gasteiger partial charge on any atom is 0.183 e. The van der Waals surface area contributed by atoms with Crippen LogP contribution in [0.5, 0.6) is 0 Å². The average molecular weight is 246 g/mol. The molecule has 0 amide bonds. The van der Waals surface area contributed by atoms with E-state index >= 15 is 0 Å². The van der Waals surface area contributed by atoms with Gasteiger partial charge in [-0.05, 0) is 13.8 Å². The number of rotatable bonds is 6. The molecule has 0 aliphatic rings. The van der Waals surface area contributed by atoms with Crippen LogP contribution in [0.2, 0.25) is 0 Å². The zero-order chi connectivity index (χ0) is 12.8. The van der Waals surface area contributed by atoms with E-state index in [0.717, 1.165) is 17.0 Å². The zero-order valence-electron chi connectivity index (χ0n) is 10.7. The predicted molar refractivity (Wildman–Crippen MR) is 70.0 cm³/mol. The SMILES string of the molecule is CCOC(OCC)c1ccc(-c2ncc[nH]2)cc1. The van der Waals surface area contributed by atoms with Gasteiger partial charge in [0.2, 0.25) is 0 Å². The van der Waals surface area contributed by atoms with Crippen LogP contribution in [0, 0.1) is 0 Å². The number of imidazole rings is 1. The van der Waals surface area contributed by atoms with E-state index in [1.54, 1.807) is 6.20 Å². The molecular formula is C14H18N2O2. The van der Waals surface area contributed by atoms with Crippen LogP contribution in [-0.4, -0.2) is 23.2 Å². The molecule has 18 heavy (non-hydrogen) atoms. The first kappa shape index (κ1) is 12.8. The van der Waals surface area contributed by atoms with Crippen LogP contribution < -0.4 is 0 Å². The summed E-state index contributed by atoms with van der Waals surface area (Å²) in [5.74, 6) is 0.867. The Morgan fingerprint density at radius 2 is 1.78 bits per heavy atom. The van der Waals surface area contributed by atoms with Crippen molar-refractivity contribution in [3.63, 3.8) is 0 Å². The third kappa shape index (κ3) is 2.97. The molecule has 4 nitrogen and oxygen atoms in total. The van der Waals surface area contributed by atoms with Crippen molar-refractivity contribution in [1.29, 1.82) is 0 Å². The summed E-state index contributed by atoms with van der Waals surface area (Å²) in [5, 5.41) is 0. The lowest BCUT2D eigenvalue weighted by atomic mass is 10.1. The lowest BCUT2D eigenvalue weighted by Gasteiger charge is -2.17. The molecule has 0 fully saturated rings. The first-order valence-corrected chi connectivity index (χ1v) is 6.18. The standard InChI is InChI=1S/C14H18N2O2/c1-3-17-14(18-4-2)12-7-5-11(6-8-12)13-15-9-10-16-13/h5-10,14H,3-4H2,1-2H3,(H,15,16). The normalized spacial score (nSPS) is 11.1. The van der Waals surface area contributed by atoms with Gasteiger partial charge in [-0.3, -0.25) is 0 Å². The second kappa shape index (κ2) is 6.33. The molecule has 0 aliphatic heterocycles. The number of benzene rings is 1. The third-order valence-corrected chi connectivity index (χ3v) is 2.59. The fraction of sp³-hybridized carbons (Fsp3) is 0.357. The summed E-state index contributed by atoms with van der Waals surface area (Å²) in [5.41, 5.74) is 2.07. The molecule has 1 aromatic heterocycles. The quantitative estimate of drug-likeness (QED) is 0.796. The van der Waals surface area contributed by atoms with E-state index in [4.69, 9.17) is 9.47 Å². The minimum Gasteiger partial charge on any atom is -0.349 e. The third-order valence-electron chi connectivity index (χ3n) is 2.59. The highest BCUT2D eigenvalue weighted by molar-refractivity contribution is 5.55. The summed E-state index contributed by atoms with van der Waals surface area (Å²) in [6.45, 7) is 5.18. The molecule has 0 spiro atoms. The van der Waals surface area contributed by atoms with Gasteiger partial charge in [-0.25, -0.2) is 4.98 Å². The van der Waals surface area contributed by atoms with Gasteiger partial charge in [-0.2, -0.15) is 0 Å². The Bertz CT molecular complexity index is 445. The molecule has 2 aromatic rings. The smallest absolute Gasteiger partial charge is 0.183 e. The molecule has 0 saturated heterocycles. The van der Waals surface area contributed by atoms with Gasteiger partial charge in [0.25, 0.3) is 0 Å². The van der Waals surface area contributed by atoms with E-state index < -0.39 is 0 Å². The fourth-order valence-corrected chi connectivity index (χ4v) is 1.76. The van der Waals surface area contributed by atoms with Crippen LogP contribution in [0.15, 0.2) is 36.7 Å². The van der Waals surface area contributed by atoms with E-state index in [-0.39, 0.29) is 6.29 Å². The maximum absolute atomic E-state index is 5.55. The summed E-state index contributed by atoms with van der Waals surface area (Å²) < 4.78 is 11.1. The fourth-order valence-electron chi connectivity index (χ4n) is 1.76. The van der Waals surface area contributed by atoms with Crippen molar-refractivity contribution in [2.24, 2.45) is 0 Å². The van der Waals surface area contributed by atoms with Crippen LogP contribution in [0.4, 0.5) is 0 Å². The van der Waals surface area contributed by atoms with E-state index in [2.05, 4.69) is 9.97 Å². The van der Waals surface area contributed by atoms with E-state index in [0.29, 0.717) is 13.2 Å². The van der Waals surface area contributed by atoms with Crippen LogP contribution in [-0.2, 0) is 9.47 Å². The average Bonchev–Trinajstić information content (AvgIpc) is 2.93. The van der Waals surface area contributed by atoms with E-state index in [1.807, 2.05) is 44.3 Å². The molecule has 0 atom stereocenters. The minimum atomic E-state index is -0.286. The minimum absolute atomic E-state index is 0.286. The number of hydrogen-bond acceptors (Lipinski definition) is 3. The predicted octanol–water partition coefficient (Wildman–Crippen LogP) is 3.15. The first-order chi connectivity index (χ1) is 8.85. The van der Waals surface area contributed by atoms with Gasteiger partial charge in [-0.15, -0.1) is 0 Å². The molecule has 1 heterocycles. The lowest BCUT2D eigenvalue weighted by molar-refractivity contribution is -0.140. The van der Waals surface area contributed by atoms with Crippen molar-refractivity contribution in [3.8, 4) is 11.4 Å². The summed E-state index contributed by atoms with van der Waals surface area (Å²) in [4.78, 5) is 7.29. The van der Waals surface area contributed by atoms with Crippen molar-refractivity contribution in [3.05, 3.63) is 42.2 Å². The molecule has 0 aliphatic carbocycles. The Balaban J connectivity index is 2.15. The van der Waals surface area contributed by atoms with Gasteiger partial charge < -0.3 is 14.5 Å². The first-order valence-electron chi connectivity index (χ1n) is 6.18. The summed E-state index contributed by atoms with van der Waals surface area (Å²) in [6.07, 6.45) is 3.27. The second-order valence-electron chi connectivity index (χ2n) is 3.80. The highest BCUT2D eigenvalue weighted by Crippen LogP contribution is 2.22. The number of nitrogens with one attached hydrogen (secondary N) is 1. The maximum atomic E-state index is 5.55. The molecule has 4 heteroatoms. The highest BCUT2D eigenvalue weighted by Gasteiger charge is 2.11. The van der Waals surface area contributed by atoms with Crippen LogP contribution in [0.1, 0.15) is 25.7 Å². The number of aromatic nitrogens is 2. The topological polar surface area (TPSA) is 47.1 Å². The lowest BCUT2D eigenvalue weighted by Crippen LogP contribution is -2.08. The Kier molecular flexibility index (Phi) is 4.50. The van der Waals surface area contributed by atoms with Gasteiger partial charge in [0.05, 0.1) is 0 Å². The second-order valence-corrected chi connectivity index (χ2v) is 3.80. The summed E-state index contributed by atoms with van der Waals surface area (Å²) in [6, 6.07) is 8.04. The van der Waals surface area contributed by atoms with Crippen molar-refractivity contribution in [2.45, 2.75) is 20.1 Å². The number of aromatic amines is 1. The van der Waals surface area contributed by atoms with Crippen molar-refractivity contribution in [1.82, 2.24) is 9.97 Å². The van der Waals surface area contributed by atoms with Gasteiger partial charge in [-0.1, -0.05) is 24.3 Å². The molecule has 96 valence electrons. The van der Waals surface area contributed by atoms with Gasteiger partial charge in [0, 0.05) is 36.7 Å². The van der Waals surface area contributed by atoms with Crippen LogP contribution in [0.3, 0.4) is 0 Å². The number of H-pyrrole nitrogens is 1. The van der Waals surface area contributed by atoms with E-state index in [1.165, 1.54) is 0 Å². The Morgan fingerprint density at radius 3 is 2.28 bits per heavy atom. The summed E-state index contributed by atoms with van der Waals surface area (Å²) in [7, 11) is 0. The largest absolute Gasteiger partial charge is 0.349 e. The molecule has 1 N–H and O–H groups in total. The molecule has 0 unspecified atom stereocenters. The monoisotopic (exact) mass is 246 g/mol. The number of nitrogens with zero attached hydrogens (tertiary/aromatic N) is 1. The molecule has 0 bridgehead atoms. The molecule has 0 saturated carbocycles. The van der Waals surface area contributed by atoms with Crippen molar-refractivity contribution in [2.75, 3.05) is 13.2 Å². The van der Waals surface area contributed by atoms with Crippen molar-refractivity contribution >= 4 is 0 Å². The molecule has 2 rings (SSSR count). The molecule has 0 radical (unpaired) electrons. The van der Waals surface area contributed by atoms with Crippen LogP contribution >= 0.6 is 0 Å². The van der Waals surface area contributed by atoms with Crippen LogP contribution in [0.25, 0.3) is 11.4 Å². The van der Waals surface area contributed by atoms with E-state index in [9.17, 15) is 0 Å². The van der Waals surface area contributed by atoms with Gasteiger partial charge in [0.15, 0.2) is 6.29 Å². The molecular weight excluding hydrogens is 228 g/mol. The van der Waals surface area contributed by atoms with Gasteiger partial charge >= 0.3 is 0 Å². The molecule has 1 aromatic carbocycles. The number of hydrogen-bond donors (Lipinski definition) is 1. The number of ether oxygens (including phenoxy) is 2. The Hall–Kier alpha value is -1.65. The summed E-state index contributed by atoms with van der Waals surface area (Å²) >= 11 is 0. The zero-order valence-corrected chi connectivity index (χ0v) is 10.7. The van der Waals surface area contributed by atoms with Crippen molar-refractivity contribution < 1.29 is 9.47 Å². The highest BCUT2D eigenvalue weighted by atomic mass is 16.7. The Labute approximate surface area is 107 Å².